The average Bonchev–Trinajstić information content (AvgIpc) is 2.99. The molecule has 0 N–H and O–H groups in total. The molecule has 1 aromatic rings. The smallest absolute Gasteiger partial charge is 0.410 e. The first-order valence-corrected chi connectivity index (χ1v) is 8.07. The zero-order chi connectivity index (χ0) is 16.1. The van der Waals surface area contributed by atoms with Gasteiger partial charge in [0.1, 0.15) is 6.61 Å². The van der Waals surface area contributed by atoms with Crippen LogP contribution >= 0.6 is 0 Å². The number of hydrogen-bond donors (Lipinski definition) is 0. The normalized spacial score (nSPS) is 22.0. The van der Waals surface area contributed by atoms with E-state index in [0.717, 1.165) is 31.6 Å². The van der Waals surface area contributed by atoms with E-state index in [0.29, 0.717) is 26.3 Å². The highest BCUT2D eigenvalue weighted by Crippen LogP contribution is 2.17. The van der Waals surface area contributed by atoms with Crippen molar-refractivity contribution in [2.24, 2.45) is 5.92 Å². The number of hydrogen-bond acceptors (Lipinski definition) is 5. The van der Waals surface area contributed by atoms with Gasteiger partial charge in [-0.15, -0.1) is 0 Å². The molecule has 2 aliphatic heterocycles. The summed E-state index contributed by atoms with van der Waals surface area (Å²) in [6, 6.07) is 9.66. The lowest BCUT2D eigenvalue weighted by molar-refractivity contribution is -0.141. The molecule has 1 atom stereocenters. The van der Waals surface area contributed by atoms with Gasteiger partial charge in [0.05, 0.1) is 12.5 Å². The quantitative estimate of drug-likeness (QED) is 0.788. The predicted molar refractivity (Wildman–Crippen MR) is 83.7 cm³/mol. The van der Waals surface area contributed by atoms with Crippen LogP contribution in [0.3, 0.4) is 0 Å². The molecule has 2 aliphatic rings. The van der Waals surface area contributed by atoms with Crippen molar-refractivity contribution in [1.29, 1.82) is 0 Å². The lowest BCUT2D eigenvalue weighted by Crippen LogP contribution is -2.50. The van der Waals surface area contributed by atoms with E-state index in [1.807, 2.05) is 30.3 Å². The van der Waals surface area contributed by atoms with E-state index < -0.39 is 0 Å². The number of piperazine rings is 1. The number of cyclic esters (lactones) is 1. The molecule has 6 heteroatoms. The first kappa shape index (κ1) is 15.8. The maximum atomic E-state index is 12.1. The van der Waals surface area contributed by atoms with E-state index in [1.165, 1.54) is 0 Å². The third kappa shape index (κ3) is 4.22. The summed E-state index contributed by atoms with van der Waals surface area (Å²) in [5.41, 5.74) is 0.985. The fourth-order valence-corrected chi connectivity index (χ4v) is 2.94. The Labute approximate surface area is 136 Å². The molecule has 1 aromatic carbocycles. The molecule has 2 saturated heterocycles. The van der Waals surface area contributed by atoms with Crippen molar-refractivity contribution in [3.8, 4) is 0 Å². The van der Waals surface area contributed by atoms with E-state index in [-0.39, 0.29) is 18.0 Å². The molecule has 0 spiro atoms. The number of esters is 1. The van der Waals surface area contributed by atoms with Crippen LogP contribution in [0.5, 0.6) is 0 Å². The molecule has 2 heterocycles. The van der Waals surface area contributed by atoms with Crippen molar-refractivity contribution in [2.45, 2.75) is 13.0 Å². The monoisotopic (exact) mass is 318 g/mol. The molecule has 1 amide bonds. The van der Waals surface area contributed by atoms with E-state index in [2.05, 4.69) is 4.90 Å². The summed E-state index contributed by atoms with van der Waals surface area (Å²) in [4.78, 5) is 27.5. The van der Waals surface area contributed by atoms with Crippen LogP contribution in [-0.4, -0.2) is 61.2 Å². The second-order valence-electron chi connectivity index (χ2n) is 5.98. The van der Waals surface area contributed by atoms with Gasteiger partial charge in [-0.2, -0.15) is 0 Å². The van der Waals surface area contributed by atoms with E-state index in [9.17, 15) is 9.59 Å². The van der Waals surface area contributed by atoms with Gasteiger partial charge in [-0.05, 0) is 12.0 Å². The van der Waals surface area contributed by atoms with Gasteiger partial charge >= 0.3 is 12.1 Å². The zero-order valence-corrected chi connectivity index (χ0v) is 13.1. The van der Waals surface area contributed by atoms with Gasteiger partial charge in [-0.3, -0.25) is 9.69 Å². The lowest BCUT2D eigenvalue weighted by atomic mass is 10.1. The molecule has 124 valence electrons. The largest absolute Gasteiger partial charge is 0.465 e. The molecular formula is C17H22N2O4. The van der Waals surface area contributed by atoms with Gasteiger partial charge in [-0.25, -0.2) is 4.79 Å². The summed E-state index contributed by atoms with van der Waals surface area (Å²) < 4.78 is 10.3. The Balaban J connectivity index is 1.39. The minimum atomic E-state index is -0.270. The first-order valence-electron chi connectivity index (χ1n) is 8.07. The Morgan fingerprint density at radius 3 is 2.57 bits per heavy atom. The number of amides is 1. The van der Waals surface area contributed by atoms with Crippen molar-refractivity contribution >= 4 is 12.1 Å². The Morgan fingerprint density at radius 2 is 1.91 bits per heavy atom. The molecule has 0 aliphatic carbocycles. The molecule has 0 saturated carbocycles. The number of carbonyl (C=O) groups is 2. The zero-order valence-electron chi connectivity index (χ0n) is 13.1. The fourth-order valence-electron chi connectivity index (χ4n) is 2.94. The second-order valence-corrected chi connectivity index (χ2v) is 5.98. The summed E-state index contributed by atoms with van der Waals surface area (Å²) in [5.74, 6) is -0.0960. The fraction of sp³-hybridized carbons (Fsp3) is 0.529. The molecule has 6 nitrogen and oxygen atoms in total. The van der Waals surface area contributed by atoms with E-state index >= 15 is 0 Å². The number of benzene rings is 1. The Kier molecular flexibility index (Phi) is 5.12. The van der Waals surface area contributed by atoms with Crippen LogP contribution in [0.4, 0.5) is 4.79 Å². The third-order valence-corrected chi connectivity index (χ3v) is 4.36. The van der Waals surface area contributed by atoms with Gasteiger partial charge < -0.3 is 14.4 Å². The number of carbonyl (C=O) groups excluding carboxylic acids is 2. The summed E-state index contributed by atoms with van der Waals surface area (Å²) >= 11 is 0. The van der Waals surface area contributed by atoms with Gasteiger partial charge in [0.15, 0.2) is 0 Å². The highest BCUT2D eigenvalue weighted by molar-refractivity contribution is 5.74. The van der Waals surface area contributed by atoms with Crippen LogP contribution in [0.1, 0.15) is 12.0 Å². The predicted octanol–water partition coefficient (Wildman–Crippen LogP) is 1.50. The molecule has 0 bridgehead atoms. The minimum absolute atomic E-state index is 0.00779. The topological polar surface area (TPSA) is 59.1 Å². The Bertz CT molecular complexity index is 541. The minimum Gasteiger partial charge on any atom is -0.465 e. The summed E-state index contributed by atoms with van der Waals surface area (Å²) in [6.07, 6.45) is 0.534. The third-order valence-electron chi connectivity index (χ3n) is 4.36. The molecule has 23 heavy (non-hydrogen) atoms. The average molecular weight is 318 g/mol. The molecular weight excluding hydrogens is 296 g/mol. The van der Waals surface area contributed by atoms with Crippen molar-refractivity contribution in [2.75, 3.05) is 39.3 Å². The van der Waals surface area contributed by atoms with Gasteiger partial charge in [0.2, 0.25) is 0 Å². The number of rotatable bonds is 4. The molecule has 1 unspecified atom stereocenters. The molecule has 3 rings (SSSR count). The second kappa shape index (κ2) is 7.46. The van der Waals surface area contributed by atoms with Crippen LogP contribution in [0, 0.1) is 5.92 Å². The SMILES string of the molecule is O=C1OCCC1CN1CCN(C(=O)OCc2ccccc2)CC1. The highest BCUT2D eigenvalue weighted by atomic mass is 16.6. The molecule has 0 aromatic heterocycles. The van der Waals surface area contributed by atoms with Crippen molar-refractivity contribution < 1.29 is 19.1 Å². The van der Waals surface area contributed by atoms with Crippen molar-refractivity contribution in [1.82, 2.24) is 9.80 Å². The van der Waals surface area contributed by atoms with Crippen LogP contribution in [-0.2, 0) is 20.9 Å². The molecule has 2 fully saturated rings. The molecule has 0 radical (unpaired) electrons. The highest BCUT2D eigenvalue weighted by Gasteiger charge is 2.30. The lowest BCUT2D eigenvalue weighted by Gasteiger charge is -2.34. The summed E-state index contributed by atoms with van der Waals surface area (Å²) in [7, 11) is 0. The van der Waals surface area contributed by atoms with Gasteiger partial charge in [-0.1, -0.05) is 30.3 Å². The van der Waals surface area contributed by atoms with Gasteiger partial charge in [0, 0.05) is 32.7 Å². The van der Waals surface area contributed by atoms with E-state index in [4.69, 9.17) is 9.47 Å². The van der Waals surface area contributed by atoms with E-state index in [1.54, 1.807) is 4.90 Å². The Morgan fingerprint density at radius 1 is 1.17 bits per heavy atom. The summed E-state index contributed by atoms with van der Waals surface area (Å²) in [5, 5.41) is 0. The first-order chi connectivity index (χ1) is 11.2. The number of ether oxygens (including phenoxy) is 2. The van der Waals surface area contributed by atoms with Crippen LogP contribution in [0.2, 0.25) is 0 Å². The number of nitrogens with zero attached hydrogens (tertiary/aromatic N) is 2. The summed E-state index contributed by atoms with van der Waals surface area (Å²) in [6.45, 7) is 4.37. The maximum absolute atomic E-state index is 12.1. The van der Waals surface area contributed by atoms with Crippen molar-refractivity contribution in [3.05, 3.63) is 35.9 Å². The standard InChI is InChI=1S/C17H22N2O4/c20-16-15(6-11-22-16)12-18-7-9-19(10-8-18)17(21)23-13-14-4-2-1-3-5-14/h1-5,15H,6-13H2. The maximum Gasteiger partial charge on any atom is 0.410 e. The van der Waals surface area contributed by atoms with Crippen LogP contribution in [0.25, 0.3) is 0 Å². The van der Waals surface area contributed by atoms with Crippen LogP contribution < -0.4 is 0 Å². The Hall–Kier alpha value is -2.08. The van der Waals surface area contributed by atoms with Gasteiger partial charge in [0.25, 0.3) is 0 Å². The van der Waals surface area contributed by atoms with Crippen LogP contribution in [0.15, 0.2) is 30.3 Å². The van der Waals surface area contributed by atoms with Crippen molar-refractivity contribution in [3.63, 3.8) is 0 Å².